The molecule has 0 unspecified atom stereocenters. The fourth-order valence-electron chi connectivity index (χ4n) is 5.04. The lowest BCUT2D eigenvalue weighted by atomic mass is 9.95. The first kappa shape index (κ1) is 21.7. The van der Waals surface area contributed by atoms with Crippen LogP contribution in [0.4, 0.5) is 11.6 Å². The van der Waals surface area contributed by atoms with Crippen molar-refractivity contribution < 1.29 is 4.79 Å². The van der Waals surface area contributed by atoms with Crippen LogP contribution in [0.25, 0.3) is 10.8 Å². The Morgan fingerprint density at radius 2 is 1.42 bits per heavy atom. The van der Waals surface area contributed by atoms with Crippen molar-refractivity contribution in [2.45, 2.75) is 45.6 Å². The zero-order chi connectivity index (χ0) is 22.6. The van der Waals surface area contributed by atoms with Gasteiger partial charge in [-0.1, -0.05) is 54.1 Å². The van der Waals surface area contributed by atoms with Gasteiger partial charge in [0.1, 0.15) is 0 Å². The quantitative estimate of drug-likeness (QED) is 0.631. The molecule has 6 nitrogen and oxygen atoms in total. The largest absolute Gasteiger partial charge is 0.355 e. The van der Waals surface area contributed by atoms with Gasteiger partial charge in [-0.05, 0) is 44.6 Å². The number of nitrogens with one attached hydrogen (secondary N) is 1. The zero-order valence-corrected chi connectivity index (χ0v) is 19.5. The molecule has 0 bridgehead atoms. The molecule has 2 aliphatic heterocycles. The summed E-state index contributed by atoms with van der Waals surface area (Å²) < 4.78 is 0. The maximum Gasteiger partial charge on any atom is 0.223 e. The average molecular weight is 444 g/mol. The highest BCUT2D eigenvalue weighted by molar-refractivity contribution is 5.99. The SMILES string of the molecule is Cc1ccc(CNC(=O)C2CCN(c3nnc(N4CCCCC4)c4ccccc34)CC2)cc1. The molecule has 2 saturated heterocycles. The Hall–Kier alpha value is -3.15. The van der Waals surface area contributed by atoms with E-state index in [-0.39, 0.29) is 11.8 Å². The number of hydrogen-bond acceptors (Lipinski definition) is 5. The standard InChI is InChI=1S/C27H33N5O/c1-20-9-11-21(12-10-20)19-28-27(33)22-13-17-32(18-14-22)26-24-8-4-3-7-23(24)25(29-30-26)31-15-5-2-6-16-31/h3-4,7-12,22H,2,5-6,13-19H2,1H3,(H,28,33). The van der Waals surface area contributed by atoms with Gasteiger partial charge in [-0.3, -0.25) is 4.79 Å². The summed E-state index contributed by atoms with van der Waals surface area (Å²) in [6, 6.07) is 16.8. The highest BCUT2D eigenvalue weighted by atomic mass is 16.1. The van der Waals surface area contributed by atoms with Gasteiger partial charge in [0.25, 0.3) is 0 Å². The molecule has 0 saturated carbocycles. The van der Waals surface area contributed by atoms with Crippen molar-refractivity contribution in [1.29, 1.82) is 0 Å². The molecule has 2 aliphatic rings. The predicted octanol–water partition coefficient (Wildman–Crippen LogP) is 4.46. The summed E-state index contributed by atoms with van der Waals surface area (Å²) in [6.45, 7) is 6.43. The van der Waals surface area contributed by atoms with Crippen molar-refractivity contribution in [2.24, 2.45) is 5.92 Å². The van der Waals surface area contributed by atoms with Crippen LogP contribution in [0, 0.1) is 12.8 Å². The van der Waals surface area contributed by atoms with Crippen LogP contribution >= 0.6 is 0 Å². The van der Waals surface area contributed by atoms with Crippen LogP contribution in [0.3, 0.4) is 0 Å². The molecule has 0 spiro atoms. The van der Waals surface area contributed by atoms with Gasteiger partial charge in [0, 0.05) is 49.4 Å². The molecule has 0 aliphatic carbocycles. The smallest absolute Gasteiger partial charge is 0.223 e. The van der Waals surface area contributed by atoms with E-state index in [0.717, 1.165) is 61.6 Å². The van der Waals surface area contributed by atoms with Crippen molar-refractivity contribution in [3.63, 3.8) is 0 Å². The Labute approximate surface area is 196 Å². The van der Waals surface area contributed by atoms with Gasteiger partial charge in [-0.25, -0.2) is 0 Å². The third-order valence-electron chi connectivity index (χ3n) is 7.06. The highest BCUT2D eigenvalue weighted by Crippen LogP contribution is 2.33. The number of carbonyl (C=O) groups is 1. The molecule has 1 aromatic heterocycles. The van der Waals surface area contributed by atoms with E-state index < -0.39 is 0 Å². The molecule has 0 atom stereocenters. The number of carbonyl (C=O) groups excluding carboxylic acids is 1. The second kappa shape index (κ2) is 9.77. The summed E-state index contributed by atoms with van der Waals surface area (Å²) in [5, 5.41) is 14.8. The van der Waals surface area contributed by atoms with Gasteiger partial charge in [0.05, 0.1) is 0 Å². The molecule has 3 heterocycles. The lowest BCUT2D eigenvalue weighted by Gasteiger charge is -2.33. The summed E-state index contributed by atoms with van der Waals surface area (Å²) in [5.41, 5.74) is 2.37. The molecule has 1 amide bonds. The maximum absolute atomic E-state index is 12.8. The lowest BCUT2D eigenvalue weighted by Crippen LogP contribution is -2.41. The fraction of sp³-hybridized carbons (Fsp3) is 0.444. The van der Waals surface area contributed by atoms with E-state index in [9.17, 15) is 4.79 Å². The third kappa shape index (κ3) is 4.80. The fourth-order valence-corrected chi connectivity index (χ4v) is 5.04. The number of piperidine rings is 2. The van der Waals surface area contributed by atoms with E-state index in [0.29, 0.717) is 6.54 Å². The van der Waals surface area contributed by atoms with Crippen LogP contribution in [0.2, 0.25) is 0 Å². The van der Waals surface area contributed by atoms with Crippen LogP contribution < -0.4 is 15.1 Å². The van der Waals surface area contributed by atoms with E-state index in [4.69, 9.17) is 5.10 Å². The minimum atomic E-state index is 0.0542. The molecule has 2 aromatic carbocycles. The van der Waals surface area contributed by atoms with Crippen LogP contribution in [0.1, 0.15) is 43.2 Å². The lowest BCUT2D eigenvalue weighted by molar-refractivity contribution is -0.125. The Bertz CT molecular complexity index is 1100. The van der Waals surface area contributed by atoms with Crippen LogP contribution in [-0.2, 0) is 11.3 Å². The number of amides is 1. The van der Waals surface area contributed by atoms with Gasteiger partial charge in [-0.2, -0.15) is 0 Å². The molecule has 5 rings (SSSR count). The Balaban J connectivity index is 1.24. The minimum absolute atomic E-state index is 0.0542. The topological polar surface area (TPSA) is 61.4 Å². The van der Waals surface area contributed by atoms with Crippen molar-refractivity contribution in [2.75, 3.05) is 36.0 Å². The van der Waals surface area contributed by atoms with Crippen molar-refractivity contribution >= 4 is 28.3 Å². The second-order valence-electron chi connectivity index (χ2n) is 9.41. The van der Waals surface area contributed by atoms with Crippen LogP contribution in [0.5, 0.6) is 0 Å². The molecule has 3 aromatic rings. The number of benzene rings is 2. The van der Waals surface area contributed by atoms with E-state index in [1.54, 1.807) is 0 Å². The number of aromatic nitrogens is 2. The van der Waals surface area contributed by atoms with E-state index in [1.165, 1.54) is 30.2 Å². The molecular weight excluding hydrogens is 410 g/mol. The van der Waals surface area contributed by atoms with E-state index in [2.05, 4.69) is 75.7 Å². The van der Waals surface area contributed by atoms with Crippen molar-refractivity contribution in [3.8, 4) is 0 Å². The zero-order valence-electron chi connectivity index (χ0n) is 19.5. The Kier molecular flexibility index (Phi) is 6.42. The number of hydrogen-bond donors (Lipinski definition) is 1. The Morgan fingerprint density at radius 1 is 0.848 bits per heavy atom. The number of rotatable bonds is 5. The van der Waals surface area contributed by atoms with Crippen molar-refractivity contribution in [3.05, 3.63) is 59.7 Å². The molecular formula is C27H33N5O. The van der Waals surface area contributed by atoms with Gasteiger partial charge in [0.15, 0.2) is 11.6 Å². The number of nitrogens with zero attached hydrogens (tertiary/aromatic N) is 4. The first-order chi connectivity index (χ1) is 16.2. The van der Waals surface area contributed by atoms with Gasteiger partial charge < -0.3 is 15.1 Å². The molecule has 2 fully saturated rings. The highest BCUT2D eigenvalue weighted by Gasteiger charge is 2.27. The van der Waals surface area contributed by atoms with Crippen LogP contribution in [0.15, 0.2) is 48.5 Å². The van der Waals surface area contributed by atoms with Gasteiger partial charge in [0.2, 0.25) is 5.91 Å². The van der Waals surface area contributed by atoms with Crippen LogP contribution in [-0.4, -0.2) is 42.3 Å². The van der Waals surface area contributed by atoms with E-state index >= 15 is 0 Å². The van der Waals surface area contributed by atoms with Gasteiger partial charge in [-0.15, -0.1) is 10.2 Å². The van der Waals surface area contributed by atoms with E-state index in [1.807, 2.05) is 0 Å². The van der Waals surface area contributed by atoms with Crippen molar-refractivity contribution in [1.82, 2.24) is 15.5 Å². The number of anilines is 2. The Morgan fingerprint density at radius 3 is 2.03 bits per heavy atom. The molecule has 6 heteroatoms. The molecule has 0 radical (unpaired) electrons. The normalized spacial score (nSPS) is 17.4. The molecule has 172 valence electrons. The minimum Gasteiger partial charge on any atom is -0.355 e. The molecule has 33 heavy (non-hydrogen) atoms. The second-order valence-corrected chi connectivity index (χ2v) is 9.41. The summed E-state index contributed by atoms with van der Waals surface area (Å²) in [7, 11) is 0. The summed E-state index contributed by atoms with van der Waals surface area (Å²) in [6.07, 6.45) is 5.41. The average Bonchev–Trinajstić information content (AvgIpc) is 2.88. The number of fused-ring (bicyclic) bond motifs is 1. The third-order valence-corrected chi connectivity index (χ3v) is 7.06. The first-order valence-corrected chi connectivity index (χ1v) is 12.3. The number of aryl methyl sites for hydroxylation is 1. The monoisotopic (exact) mass is 443 g/mol. The summed E-state index contributed by atoms with van der Waals surface area (Å²) in [5.74, 6) is 2.18. The predicted molar refractivity (Wildman–Crippen MR) is 134 cm³/mol. The maximum atomic E-state index is 12.8. The first-order valence-electron chi connectivity index (χ1n) is 12.3. The molecule has 1 N–H and O–H groups in total. The van der Waals surface area contributed by atoms with Gasteiger partial charge >= 0.3 is 0 Å². The summed E-state index contributed by atoms with van der Waals surface area (Å²) >= 11 is 0. The summed E-state index contributed by atoms with van der Waals surface area (Å²) in [4.78, 5) is 17.4.